The lowest BCUT2D eigenvalue weighted by Gasteiger charge is -2.17. The van der Waals surface area contributed by atoms with E-state index >= 15 is 0 Å². The molecule has 2 saturated heterocycles. The third kappa shape index (κ3) is 16.5. The number of rotatable bonds is 17. The van der Waals surface area contributed by atoms with Gasteiger partial charge < -0.3 is 9.94 Å². The van der Waals surface area contributed by atoms with Gasteiger partial charge in [0.05, 0.1) is 9.85 Å². The number of aliphatic carboxylic acids is 1. The molecule has 57 heavy (non-hydrogen) atoms. The molecule has 0 radical (unpaired) electrons. The van der Waals surface area contributed by atoms with Crippen molar-refractivity contribution < 1.29 is 79.7 Å². The van der Waals surface area contributed by atoms with Crippen LogP contribution in [0.25, 0.3) is 0 Å². The van der Waals surface area contributed by atoms with Gasteiger partial charge in [0.2, 0.25) is 0 Å². The highest BCUT2D eigenvalue weighted by Crippen LogP contribution is 2.32. The number of carbonyl (C=O) groups is 6. The molecule has 0 saturated carbocycles. The molecule has 2 aromatic heterocycles. The Bertz CT molecular complexity index is 2020. The second-order valence-corrected chi connectivity index (χ2v) is 18.6. The Morgan fingerprint density at radius 1 is 0.737 bits per heavy atom. The van der Waals surface area contributed by atoms with E-state index in [0.29, 0.717) is 10.1 Å². The van der Waals surface area contributed by atoms with Crippen LogP contribution in [0.5, 0.6) is 0 Å². The second-order valence-electron chi connectivity index (χ2n) is 10.5. The van der Waals surface area contributed by atoms with Crippen LogP contribution in [0.1, 0.15) is 38.5 Å². The summed E-state index contributed by atoms with van der Waals surface area (Å²) in [6, 6.07) is 5.34. The number of nitro groups is 2. The Labute approximate surface area is 336 Å². The zero-order chi connectivity index (χ0) is 43.1. The molecular formula is C26H28N6O19S6. The number of pyridine rings is 2. The fourth-order valence-corrected chi connectivity index (χ4v) is 9.31. The SMILES string of the molecule is O=C(O)C(CCSSc1ccc([N+](=O)[O-])cn1)S(=O)(=O)O.O=C(ON1C(=O)CCC1=O)C(CCSSc1ccc([N+](=O)[O-])cn1)S(=O)(=O)O.O=C1CCC(=O)N1O. The fourth-order valence-electron chi connectivity index (χ4n) is 3.73. The van der Waals surface area contributed by atoms with Crippen LogP contribution in [0, 0.1) is 20.2 Å². The van der Waals surface area contributed by atoms with Gasteiger partial charge in [-0.3, -0.25) is 58.5 Å². The number of hydrogen-bond donors (Lipinski definition) is 4. The Hall–Kier alpha value is -4.50. The van der Waals surface area contributed by atoms with Gasteiger partial charge in [-0.2, -0.15) is 21.9 Å². The standard InChI is InChI=1S/C13H13N3O9S3.C9H10N2O7S3.C4H5NO3/c17-11-3-4-12(18)15(11)25-13(19)9(28(22,23)24)5-6-26-27-10-2-1-8(7-14-10)16(20)21;12-9(13)7(21(16,17)18)3-4-19-20-8-2-1-6(5-10-8)11(14)15;6-3-1-2-4(7)5(3)8/h1-2,7,9H,3-6H2,(H,22,23,24);1-2,5,7H,3-4H2,(H,12,13)(H,16,17,18);8H,1-2H2. The molecule has 0 bridgehead atoms. The molecule has 25 nitrogen and oxygen atoms in total. The first kappa shape index (κ1) is 48.6. The number of carbonyl (C=O) groups excluding carboxylic acids is 5. The van der Waals surface area contributed by atoms with E-state index in [-0.39, 0.29) is 71.5 Å². The molecule has 31 heteroatoms. The fraction of sp³-hybridized carbons (Fsp3) is 0.385. The summed E-state index contributed by atoms with van der Waals surface area (Å²) < 4.78 is 62.5. The van der Waals surface area contributed by atoms with E-state index in [1.54, 1.807) is 0 Å². The number of nitrogens with zero attached hydrogens (tertiary/aromatic N) is 6. The molecule has 2 atom stereocenters. The predicted molar refractivity (Wildman–Crippen MR) is 196 cm³/mol. The van der Waals surface area contributed by atoms with Gasteiger partial charge in [0.1, 0.15) is 22.4 Å². The maximum Gasteiger partial charge on any atom is 0.353 e. The smallest absolute Gasteiger partial charge is 0.353 e. The van der Waals surface area contributed by atoms with Crippen LogP contribution in [0.2, 0.25) is 0 Å². The van der Waals surface area contributed by atoms with E-state index in [1.165, 1.54) is 24.3 Å². The minimum atomic E-state index is -4.84. The summed E-state index contributed by atoms with van der Waals surface area (Å²) in [7, 11) is -5.07. The van der Waals surface area contributed by atoms with Gasteiger partial charge in [0.25, 0.3) is 55.2 Å². The van der Waals surface area contributed by atoms with Crippen molar-refractivity contribution in [1.82, 2.24) is 20.1 Å². The normalized spacial score (nSPS) is 15.2. The molecule has 0 aliphatic carbocycles. The van der Waals surface area contributed by atoms with Crippen LogP contribution in [-0.2, 0) is 53.8 Å². The quantitative estimate of drug-likeness (QED) is 0.0335. The van der Waals surface area contributed by atoms with Gasteiger partial charge in [-0.05, 0) is 46.6 Å². The van der Waals surface area contributed by atoms with E-state index in [2.05, 4.69) is 14.8 Å². The Balaban J connectivity index is 0.000000338. The van der Waals surface area contributed by atoms with Crippen LogP contribution >= 0.6 is 43.2 Å². The molecule has 4 rings (SSSR count). The summed E-state index contributed by atoms with van der Waals surface area (Å²) in [5.41, 5.74) is -0.337. The van der Waals surface area contributed by atoms with E-state index in [9.17, 15) is 70.4 Å². The number of carboxylic acid groups (broad SMARTS) is 1. The minimum Gasteiger partial charge on any atom is -0.480 e. The first-order valence-electron chi connectivity index (χ1n) is 15.1. The average molecular weight is 921 g/mol. The maximum absolute atomic E-state index is 12.0. The second kappa shape index (κ2) is 22.4. The number of imide groups is 2. The van der Waals surface area contributed by atoms with E-state index in [4.69, 9.17) is 14.9 Å². The first-order valence-corrected chi connectivity index (χ1v) is 22.7. The third-order valence-corrected chi connectivity index (χ3v) is 13.4. The van der Waals surface area contributed by atoms with Crippen molar-refractivity contribution in [1.29, 1.82) is 0 Å². The molecule has 2 fully saturated rings. The summed E-state index contributed by atoms with van der Waals surface area (Å²) >= 11 is 0. The van der Waals surface area contributed by atoms with Gasteiger partial charge >= 0.3 is 11.9 Å². The molecule has 4 N–H and O–H groups in total. The van der Waals surface area contributed by atoms with Crippen molar-refractivity contribution in [3.63, 3.8) is 0 Å². The number of hydroxylamine groups is 4. The summed E-state index contributed by atoms with van der Waals surface area (Å²) in [6.07, 6.45) is 1.50. The lowest BCUT2D eigenvalue weighted by atomic mass is 10.3. The van der Waals surface area contributed by atoms with Gasteiger partial charge in [0.15, 0.2) is 10.5 Å². The van der Waals surface area contributed by atoms with Gasteiger partial charge in [-0.1, -0.05) is 21.6 Å². The number of hydrogen-bond acceptors (Lipinski definition) is 22. The molecule has 4 heterocycles. The molecule has 0 aromatic carbocycles. The highest BCUT2D eigenvalue weighted by molar-refractivity contribution is 8.77. The lowest BCUT2D eigenvalue weighted by Crippen LogP contribution is -2.39. The molecule has 2 aromatic rings. The molecule has 0 spiro atoms. The topological polar surface area (TPSA) is 379 Å². The Morgan fingerprint density at radius 2 is 1.12 bits per heavy atom. The lowest BCUT2D eigenvalue weighted by molar-refractivity contribution is -0.385. The highest BCUT2D eigenvalue weighted by atomic mass is 33.1. The largest absolute Gasteiger partial charge is 0.480 e. The van der Waals surface area contributed by atoms with Gasteiger partial charge in [-0.25, -0.2) is 14.8 Å². The van der Waals surface area contributed by atoms with Crippen LogP contribution in [0.4, 0.5) is 11.4 Å². The van der Waals surface area contributed by atoms with Crippen molar-refractivity contribution in [2.45, 2.75) is 59.1 Å². The summed E-state index contributed by atoms with van der Waals surface area (Å²) in [4.78, 5) is 98.0. The molecule has 2 aliphatic heterocycles. The predicted octanol–water partition coefficient (Wildman–Crippen LogP) is 1.97. The van der Waals surface area contributed by atoms with Crippen molar-refractivity contribution in [3.05, 3.63) is 56.9 Å². The summed E-state index contributed by atoms with van der Waals surface area (Å²) in [5.74, 6) is -5.43. The van der Waals surface area contributed by atoms with Crippen LogP contribution in [-0.4, -0.2) is 124 Å². The molecule has 4 amide bonds. The molecular weight excluding hydrogens is 893 g/mol. The Kier molecular flexibility index (Phi) is 19.2. The zero-order valence-corrected chi connectivity index (χ0v) is 33.2. The van der Waals surface area contributed by atoms with E-state index in [0.717, 1.165) is 55.6 Å². The van der Waals surface area contributed by atoms with Crippen LogP contribution in [0.3, 0.4) is 0 Å². The number of carboxylic acids is 1. The zero-order valence-electron chi connectivity index (χ0n) is 28.3. The first-order chi connectivity index (χ1) is 26.5. The molecule has 312 valence electrons. The third-order valence-electron chi connectivity index (χ3n) is 6.55. The van der Waals surface area contributed by atoms with Crippen molar-refractivity contribution in [3.8, 4) is 0 Å². The number of amides is 4. The summed E-state index contributed by atoms with van der Waals surface area (Å²) in [6.45, 7) is 0. The summed E-state index contributed by atoms with van der Waals surface area (Å²) in [5, 5.41) is 35.4. The highest BCUT2D eigenvalue weighted by Gasteiger charge is 2.39. The van der Waals surface area contributed by atoms with Crippen LogP contribution < -0.4 is 0 Å². The van der Waals surface area contributed by atoms with Crippen molar-refractivity contribution >= 4 is 110 Å². The van der Waals surface area contributed by atoms with E-state index in [1.807, 2.05) is 0 Å². The van der Waals surface area contributed by atoms with Crippen molar-refractivity contribution in [2.24, 2.45) is 0 Å². The minimum absolute atomic E-state index is 0.0464. The van der Waals surface area contributed by atoms with Crippen LogP contribution in [0.15, 0.2) is 46.7 Å². The maximum atomic E-state index is 12.0. The monoisotopic (exact) mass is 920 g/mol. The van der Waals surface area contributed by atoms with Gasteiger partial charge in [-0.15, -0.1) is 5.06 Å². The van der Waals surface area contributed by atoms with Gasteiger partial charge in [0, 0.05) is 49.3 Å². The molecule has 2 aliphatic rings. The van der Waals surface area contributed by atoms with Crippen molar-refractivity contribution in [2.75, 3.05) is 11.5 Å². The molecule has 2 unspecified atom stereocenters. The average Bonchev–Trinajstić information content (AvgIpc) is 3.60. The van der Waals surface area contributed by atoms with E-state index < -0.39 is 76.2 Å². The number of aromatic nitrogens is 2. The Morgan fingerprint density at radius 3 is 1.42 bits per heavy atom.